The van der Waals surface area contributed by atoms with Gasteiger partial charge in [0.05, 0.1) is 5.69 Å². The summed E-state index contributed by atoms with van der Waals surface area (Å²) in [7, 11) is 0. The Balaban J connectivity index is 2.54. The van der Waals surface area contributed by atoms with E-state index in [1.807, 2.05) is 6.92 Å². The summed E-state index contributed by atoms with van der Waals surface area (Å²) in [4.78, 5) is 8.77. The Hall–Kier alpha value is -1.43. The van der Waals surface area contributed by atoms with Gasteiger partial charge in [0.25, 0.3) is 5.89 Å². The molecule has 2 N–H and O–H groups in total. The van der Waals surface area contributed by atoms with Gasteiger partial charge < -0.3 is 10.3 Å². The molecule has 0 aliphatic carbocycles. The maximum atomic E-state index is 5.50. The normalized spacial score (nSPS) is 10.4. The van der Waals surface area contributed by atoms with Gasteiger partial charge in [-0.25, -0.2) is 4.98 Å². The van der Waals surface area contributed by atoms with Crippen molar-refractivity contribution in [3.05, 3.63) is 12.0 Å². The van der Waals surface area contributed by atoms with E-state index in [4.69, 9.17) is 10.3 Å². The fraction of sp³-hybridized carbons (Fsp3) is 0.167. The van der Waals surface area contributed by atoms with E-state index < -0.39 is 0 Å². The van der Waals surface area contributed by atoms with E-state index >= 15 is 0 Å². The van der Waals surface area contributed by atoms with Gasteiger partial charge in [0.1, 0.15) is 4.88 Å². The van der Waals surface area contributed by atoms with Crippen LogP contribution in [0.2, 0.25) is 0 Å². The highest BCUT2D eigenvalue weighted by molar-refractivity contribution is 7.18. The van der Waals surface area contributed by atoms with Crippen LogP contribution in [0, 0.1) is 6.92 Å². The maximum Gasteiger partial charge on any atom is 0.269 e. The highest BCUT2D eigenvalue weighted by Gasteiger charge is 2.11. The highest BCUT2D eigenvalue weighted by Crippen LogP contribution is 2.28. The Morgan fingerprint density at radius 2 is 2.42 bits per heavy atom. The zero-order valence-corrected chi connectivity index (χ0v) is 7.13. The number of nitrogen functional groups attached to an aromatic ring is 1. The van der Waals surface area contributed by atoms with Crippen LogP contribution < -0.4 is 5.73 Å². The number of nitrogens with zero attached hydrogens (tertiary/aromatic N) is 3. The maximum absolute atomic E-state index is 5.50. The van der Waals surface area contributed by atoms with Gasteiger partial charge in [-0.15, -0.1) is 0 Å². The lowest BCUT2D eigenvalue weighted by molar-refractivity contribution is 0.430. The van der Waals surface area contributed by atoms with Crippen molar-refractivity contribution >= 4 is 16.5 Å². The van der Waals surface area contributed by atoms with Gasteiger partial charge in [-0.1, -0.05) is 16.5 Å². The Morgan fingerprint density at radius 1 is 1.58 bits per heavy atom. The van der Waals surface area contributed by atoms with Crippen LogP contribution in [0.5, 0.6) is 0 Å². The van der Waals surface area contributed by atoms with Crippen molar-refractivity contribution in [3.8, 4) is 10.8 Å². The molecule has 0 aliphatic heterocycles. The van der Waals surface area contributed by atoms with Crippen LogP contribution in [-0.4, -0.2) is 15.1 Å². The molecule has 12 heavy (non-hydrogen) atoms. The minimum atomic E-state index is 0.474. The van der Waals surface area contributed by atoms with Gasteiger partial charge in [-0.3, -0.25) is 0 Å². The second-order valence-electron chi connectivity index (χ2n) is 2.21. The third-order valence-electron chi connectivity index (χ3n) is 1.37. The van der Waals surface area contributed by atoms with Crippen molar-refractivity contribution in [3.63, 3.8) is 0 Å². The van der Waals surface area contributed by atoms with Crippen LogP contribution in [0.4, 0.5) is 5.13 Å². The van der Waals surface area contributed by atoms with Crippen molar-refractivity contribution in [2.24, 2.45) is 0 Å². The van der Waals surface area contributed by atoms with E-state index in [9.17, 15) is 0 Å². The predicted octanol–water partition coefficient (Wildman–Crippen LogP) is 1.08. The summed E-state index contributed by atoms with van der Waals surface area (Å²) in [6.07, 6.45) is 1.35. The number of hydrogen-bond donors (Lipinski definition) is 1. The molecule has 5 nitrogen and oxygen atoms in total. The number of anilines is 1. The molecule has 2 aromatic rings. The molecule has 6 heteroatoms. The van der Waals surface area contributed by atoms with E-state index in [0.717, 1.165) is 10.6 Å². The van der Waals surface area contributed by atoms with Gasteiger partial charge in [0, 0.05) is 0 Å². The van der Waals surface area contributed by atoms with Crippen LogP contribution in [-0.2, 0) is 0 Å². The average molecular weight is 182 g/mol. The SMILES string of the molecule is Cc1nc(N)sc1-c1ncno1. The number of nitrogens with two attached hydrogens (primary N) is 1. The van der Waals surface area contributed by atoms with Crippen LogP contribution in [0.15, 0.2) is 10.9 Å². The van der Waals surface area contributed by atoms with Gasteiger partial charge in [-0.05, 0) is 6.92 Å². The summed E-state index contributed by atoms with van der Waals surface area (Å²) in [5.41, 5.74) is 6.32. The second kappa shape index (κ2) is 2.56. The minimum absolute atomic E-state index is 0.474. The summed E-state index contributed by atoms with van der Waals surface area (Å²) in [5.74, 6) is 0.474. The van der Waals surface area contributed by atoms with E-state index in [1.165, 1.54) is 17.7 Å². The molecule has 0 amide bonds. The lowest BCUT2D eigenvalue weighted by Gasteiger charge is -1.85. The third-order valence-corrected chi connectivity index (χ3v) is 2.34. The number of thiazole rings is 1. The molecule has 2 aromatic heterocycles. The summed E-state index contributed by atoms with van der Waals surface area (Å²) >= 11 is 1.34. The fourth-order valence-corrected chi connectivity index (χ4v) is 1.65. The first kappa shape index (κ1) is 7.23. The zero-order chi connectivity index (χ0) is 8.55. The first-order valence-corrected chi connectivity index (χ1v) is 4.09. The van der Waals surface area contributed by atoms with Gasteiger partial charge in [0.15, 0.2) is 11.5 Å². The Kier molecular flexibility index (Phi) is 1.54. The average Bonchev–Trinajstić information content (AvgIpc) is 2.58. The lowest BCUT2D eigenvalue weighted by Crippen LogP contribution is -1.80. The highest BCUT2D eigenvalue weighted by atomic mass is 32.1. The van der Waals surface area contributed by atoms with Crippen molar-refractivity contribution < 1.29 is 4.52 Å². The standard InChI is InChI=1S/C6H6N4OS/c1-3-4(12-6(7)10-3)5-8-2-9-11-5/h2H,1H3,(H2,7,10). The smallest absolute Gasteiger partial charge is 0.269 e. The largest absolute Gasteiger partial charge is 0.375 e. The number of hydrogen-bond acceptors (Lipinski definition) is 6. The summed E-state index contributed by atoms with van der Waals surface area (Å²) in [6.45, 7) is 1.85. The van der Waals surface area contributed by atoms with Gasteiger partial charge in [0.2, 0.25) is 0 Å². The quantitative estimate of drug-likeness (QED) is 0.714. The van der Waals surface area contributed by atoms with Crippen molar-refractivity contribution in [2.75, 3.05) is 5.73 Å². The fourth-order valence-electron chi connectivity index (χ4n) is 0.889. The van der Waals surface area contributed by atoms with Crippen LogP contribution >= 0.6 is 11.3 Å². The molecule has 2 heterocycles. The van der Waals surface area contributed by atoms with Crippen molar-refractivity contribution in [1.82, 2.24) is 15.1 Å². The molecule has 62 valence electrons. The molecule has 0 radical (unpaired) electrons. The minimum Gasteiger partial charge on any atom is -0.375 e. The van der Waals surface area contributed by atoms with Gasteiger partial charge in [-0.2, -0.15) is 4.98 Å². The molecule has 0 saturated heterocycles. The Morgan fingerprint density at radius 3 is 2.92 bits per heavy atom. The first-order chi connectivity index (χ1) is 5.77. The van der Waals surface area contributed by atoms with E-state index in [1.54, 1.807) is 0 Å². The number of rotatable bonds is 1. The number of aromatic nitrogens is 3. The molecule has 2 rings (SSSR count). The van der Waals surface area contributed by atoms with E-state index in [0.29, 0.717) is 11.0 Å². The number of aryl methyl sites for hydroxylation is 1. The molecule has 0 spiro atoms. The monoisotopic (exact) mass is 182 g/mol. The molecular weight excluding hydrogens is 176 g/mol. The molecule has 0 aliphatic rings. The molecular formula is C6H6N4OS. The van der Waals surface area contributed by atoms with Crippen molar-refractivity contribution in [2.45, 2.75) is 6.92 Å². The zero-order valence-electron chi connectivity index (χ0n) is 6.31. The molecule has 0 aromatic carbocycles. The predicted molar refractivity (Wildman–Crippen MR) is 44.6 cm³/mol. The molecule has 0 saturated carbocycles. The molecule has 0 bridgehead atoms. The van der Waals surface area contributed by atoms with Crippen LogP contribution in [0.1, 0.15) is 5.69 Å². The Bertz CT molecular complexity index is 380. The van der Waals surface area contributed by atoms with Gasteiger partial charge >= 0.3 is 0 Å². The Labute approximate surface area is 72.2 Å². The van der Waals surface area contributed by atoms with E-state index in [2.05, 4.69) is 15.1 Å². The molecule has 0 unspecified atom stereocenters. The summed E-state index contributed by atoms with van der Waals surface area (Å²) < 4.78 is 4.87. The second-order valence-corrected chi connectivity index (χ2v) is 3.24. The van der Waals surface area contributed by atoms with Crippen LogP contribution in [0.25, 0.3) is 10.8 Å². The molecule has 0 fully saturated rings. The topological polar surface area (TPSA) is 77.8 Å². The first-order valence-electron chi connectivity index (χ1n) is 3.27. The summed E-state index contributed by atoms with van der Waals surface area (Å²) in [5, 5.41) is 4.02. The lowest BCUT2D eigenvalue weighted by atomic mass is 10.4. The third kappa shape index (κ3) is 1.06. The van der Waals surface area contributed by atoms with Crippen LogP contribution in [0.3, 0.4) is 0 Å². The van der Waals surface area contributed by atoms with Crippen molar-refractivity contribution in [1.29, 1.82) is 0 Å². The summed E-state index contributed by atoms with van der Waals surface area (Å²) in [6, 6.07) is 0. The van der Waals surface area contributed by atoms with E-state index in [-0.39, 0.29) is 0 Å². The molecule has 0 atom stereocenters.